The number of ether oxygens (including phenoxy) is 2. The number of carbonyl (C=O) groups excluding carboxylic acids is 2. The SMILES string of the molecule is COC(=O)c1cc(C)c(C(OC(=O)C(Cc2ccc(O)cc2)NS(=O)Oc2ccc(C)cc2)c2cc(-n3ccnc3)ccc2C)c(C)c1. The van der Waals surface area contributed by atoms with Crippen LogP contribution in [-0.4, -0.2) is 44.0 Å². The molecule has 0 saturated carbocycles. The Labute approximate surface area is 282 Å². The fraction of sp³-hybridized carbons (Fsp3) is 0.216. The van der Waals surface area contributed by atoms with Gasteiger partial charge in [-0.05, 0) is 105 Å². The number of imidazole rings is 1. The monoisotopic (exact) mass is 667 g/mol. The van der Waals surface area contributed by atoms with Gasteiger partial charge in [-0.15, -0.1) is 0 Å². The van der Waals surface area contributed by atoms with Crippen molar-refractivity contribution < 1.29 is 32.6 Å². The van der Waals surface area contributed by atoms with Crippen LogP contribution in [0.25, 0.3) is 5.69 Å². The molecule has 1 aromatic heterocycles. The minimum Gasteiger partial charge on any atom is -0.508 e. The Morgan fingerprint density at radius 3 is 2.23 bits per heavy atom. The molecule has 0 aliphatic heterocycles. The molecular weight excluding hydrogens is 630 g/mol. The summed E-state index contributed by atoms with van der Waals surface area (Å²) in [5.41, 5.74) is 6.60. The second-order valence-corrected chi connectivity index (χ2v) is 12.4. The van der Waals surface area contributed by atoms with Gasteiger partial charge in [0.2, 0.25) is 0 Å². The second kappa shape index (κ2) is 15.1. The summed E-state index contributed by atoms with van der Waals surface area (Å²) in [5.74, 6) is -0.720. The Kier molecular flexibility index (Phi) is 10.7. The lowest BCUT2D eigenvalue weighted by Crippen LogP contribution is -2.42. The van der Waals surface area contributed by atoms with E-state index in [4.69, 9.17) is 13.7 Å². The molecule has 0 aliphatic carbocycles. The number of aromatic hydroxyl groups is 1. The lowest BCUT2D eigenvalue weighted by molar-refractivity contribution is -0.149. The van der Waals surface area contributed by atoms with Crippen molar-refractivity contribution in [2.75, 3.05) is 7.11 Å². The number of hydrogen-bond acceptors (Lipinski definition) is 8. The highest BCUT2D eigenvalue weighted by atomic mass is 32.2. The van der Waals surface area contributed by atoms with Gasteiger partial charge >= 0.3 is 11.9 Å². The van der Waals surface area contributed by atoms with Gasteiger partial charge in [0.15, 0.2) is 6.10 Å². The van der Waals surface area contributed by atoms with Crippen molar-refractivity contribution >= 4 is 23.2 Å². The van der Waals surface area contributed by atoms with Crippen LogP contribution in [0.15, 0.2) is 97.6 Å². The molecule has 0 spiro atoms. The average molecular weight is 668 g/mol. The highest BCUT2D eigenvalue weighted by Gasteiger charge is 2.31. The number of nitrogens with one attached hydrogen (secondary N) is 1. The zero-order valence-corrected chi connectivity index (χ0v) is 28.1. The zero-order valence-electron chi connectivity index (χ0n) is 27.3. The number of hydrogen-bond donors (Lipinski definition) is 2. The molecule has 5 aromatic rings. The van der Waals surface area contributed by atoms with Crippen LogP contribution in [0.4, 0.5) is 0 Å². The molecule has 3 atom stereocenters. The maximum absolute atomic E-state index is 14.3. The first-order valence-electron chi connectivity index (χ1n) is 15.2. The van der Waals surface area contributed by atoms with E-state index in [0.29, 0.717) is 28.0 Å². The predicted octanol–water partition coefficient (Wildman–Crippen LogP) is 6.09. The van der Waals surface area contributed by atoms with Crippen molar-refractivity contribution in [2.24, 2.45) is 0 Å². The summed E-state index contributed by atoms with van der Waals surface area (Å²) < 4.78 is 34.8. The van der Waals surface area contributed by atoms with Crippen LogP contribution in [0.3, 0.4) is 0 Å². The predicted molar refractivity (Wildman–Crippen MR) is 182 cm³/mol. The van der Waals surface area contributed by atoms with E-state index in [-0.39, 0.29) is 12.2 Å². The summed E-state index contributed by atoms with van der Waals surface area (Å²) in [5, 5.41) is 9.83. The summed E-state index contributed by atoms with van der Waals surface area (Å²) in [4.78, 5) is 30.9. The Morgan fingerprint density at radius 2 is 1.60 bits per heavy atom. The van der Waals surface area contributed by atoms with Gasteiger partial charge < -0.3 is 23.3 Å². The van der Waals surface area contributed by atoms with E-state index in [2.05, 4.69) is 9.71 Å². The summed E-state index contributed by atoms with van der Waals surface area (Å²) in [7, 11) is 1.32. The van der Waals surface area contributed by atoms with E-state index >= 15 is 0 Å². The fourth-order valence-electron chi connectivity index (χ4n) is 5.45. The molecule has 2 N–H and O–H groups in total. The number of phenolic OH excluding ortho intramolecular Hbond substituents is 1. The highest BCUT2D eigenvalue weighted by molar-refractivity contribution is 7.78. The fourth-order valence-corrected chi connectivity index (χ4v) is 6.19. The number of benzene rings is 4. The van der Waals surface area contributed by atoms with Crippen LogP contribution in [-0.2, 0) is 32.0 Å². The van der Waals surface area contributed by atoms with E-state index in [9.17, 15) is 18.9 Å². The third kappa shape index (κ3) is 8.17. The second-order valence-electron chi connectivity index (χ2n) is 11.5. The lowest BCUT2D eigenvalue weighted by Gasteiger charge is -2.27. The first kappa shape index (κ1) is 34.1. The first-order valence-corrected chi connectivity index (χ1v) is 16.3. The van der Waals surface area contributed by atoms with Crippen LogP contribution in [0.5, 0.6) is 11.5 Å². The van der Waals surface area contributed by atoms with Gasteiger partial charge in [0.1, 0.15) is 17.5 Å². The smallest absolute Gasteiger partial charge is 0.337 e. The number of rotatable bonds is 12. The summed E-state index contributed by atoms with van der Waals surface area (Å²) in [6.07, 6.45) is 4.34. The van der Waals surface area contributed by atoms with Crippen LogP contribution in [0, 0.1) is 27.7 Å². The Morgan fingerprint density at radius 1 is 0.917 bits per heavy atom. The van der Waals surface area contributed by atoms with Gasteiger partial charge in [-0.3, -0.25) is 4.79 Å². The number of aryl methyl sites for hydroxylation is 4. The minimum absolute atomic E-state index is 0.0757. The average Bonchev–Trinajstić information content (AvgIpc) is 3.61. The first-order chi connectivity index (χ1) is 23.0. The van der Waals surface area contributed by atoms with Gasteiger partial charge in [0, 0.05) is 29.2 Å². The molecule has 1 heterocycles. The molecule has 0 aliphatic rings. The van der Waals surface area contributed by atoms with Gasteiger partial charge in [-0.25, -0.2) is 9.78 Å². The zero-order chi connectivity index (χ0) is 34.4. The van der Waals surface area contributed by atoms with Gasteiger partial charge in [0.25, 0.3) is 11.3 Å². The van der Waals surface area contributed by atoms with Crippen molar-refractivity contribution in [1.29, 1.82) is 0 Å². The van der Waals surface area contributed by atoms with Crippen LogP contribution >= 0.6 is 0 Å². The molecule has 48 heavy (non-hydrogen) atoms. The van der Waals surface area contributed by atoms with Crippen LogP contribution < -0.4 is 8.91 Å². The van der Waals surface area contributed by atoms with Crippen molar-refractivity contribution in [2.45, 2.75) is 46.3 Å². The number of esters is 2. The Bertz CT molecular complexity index is 1900. The normalized spacial score (nSPS) is 12.9. The summed E-state index contributed by atoms with van der Waals surface area (Å²) in [6, 6.07) is 21.5. The Hall–Kier alpha value is -5.26. The third-order valence-electron chi connectivity index (χ3n) is 7.95. The van der Waals surface area contributed by atoms with Crippen molar-refractivity contribution in [3.63, 3.8) is 0 Å². The molecule has 0 saturated heterocycles. The van der Waals surface area contributed by atoms with Crippen molar-refractivity contribution in [3.05, 3.63) is 142 Å². The van der Waals surface area contributed by atoms with Crippen molar-refractivity contribution in [3.8, 4) is 17.2 Å². The molecular formula is C37H37N3O7S. The molecule has 248 valence electrons. The minimum atomic E-state index is -2.12. The molecule has 4 aromatic carbocycles. The van der Waals surface area contributed by atoms with Crippen molar-refractivity contribution in [1.82, 2.24) is 14.3 Å². The topological polar surface area (TPSA) is 129 Å². The lowest BCUT2D eigenvalue weighted by atomic mass is 9.89. The molecule has 5 rings (SSSR count). The van der Waals surface area contributed by atoms with Gasteiger partial charge in [0.05, 0.1) is 19.0 Å². The largest absolute Gasteiger partial charge is 0.508 e. The van der Waals surface area contributed by atoms with E-state index in [1.807, 2.05) is 68.8 Å². The highest BCUT2D eigenvalue weighted by Crippen LogP contribution is 2.35. The molecule has 0 radical (unpaired) electrons. The maximum Gasteiger partial charge on any atom is 0.337 e. The molecule has 0 bridgehead atoms. The van der Waals surface area contributed by atoms with E-state index in [1.165, 1.54) is 19.2 Å². The molecule has 11 heteroatoms. The van der Waals surface area contributed by atoms with E-state index < -0.39 is 35.4 Å². The van der Waals surface area contributed by atoms with Gasteiger partial charge in [-0.2, -0.15) is 8.93 Å². The summed E-state index contributed by atoms with van der Waals surface area (Å²) >= 11 is -2.12. The van der Waals surface area contributed by atoms with Gasteiger partial charge in [-0.1, -0.05) is 35.9 Å². The third-order valence-corrected chi connectivity index (χ3v) is 8.77. The molecule has 3 unspecified atom stereocenters. The standard InChI is InChI=1S/C37H37N3O7S/c1-23-6-14-31(15-7-23)47-48(44)39-33(20-27-9-12-30(41)13-10-27)37(43)46-35(34-25(3)18-28(19-26(34)4)36(42)45-5)32-21-29(11-8-24(32)2)40-17-16-38-22-40/h6-19,21-22,33,35,39,41H,20H2,1-5H3. The number of aromatic nitrogens is 2. The molecule has 0 fully saturated rings. The molecule has 10 nitrogen and oxygen atoms in total. The quantitative estimate of drug-likeness (QED) is 0.153. The summed E-state index contributed by atoms with van der Waals surface area (Å²) in [6.45, 7) is 7.55. The van der Waals surface area contributed by atoms with E-state index in [1.54, 1.807) is 48.9 Å². The Balaban J connectivity index is 1.55. The van der Waals surface area contributed by atoms with Crippen LogP contribution in [0.2, 0.25) is 0 Å². The van der Waals surface area contributed by atoms with E-state index in [0.717, 1.165) is 27.9 Å². The number of methoxy groups -OCH3 is 1. The number of carbonyl (C=O) groups is 2. The van der Waals surface area contributed by atoms with Crippen LogP contribution in [0.1, 0.15) is 55.4 Å². The number of nitrogens with zero attached hydrogens (tertiary/aromatic N) is 2. The maximum atomic E-state index is 14.3. The molecule has 0 amide bonds. The number of phenols is 1.